The van der Waals surface area contributed by atoms with Crippen LogP contribution in [-0.4, -0.2) is 19.8 Å². The van der Waals surface area contributed by atoms with Crippen LogP contribution in [0.5, 0.6) is 11.5 Å². The monoisotopic (exact) mass is 587 g/mol. The molecule has 3 nitrogen and oxygen atoms in total. The first kappa shape index (κ1) is 29.8. The predicted molar refractivity (Wildman–Crippen MR) is 156 cm³/mol. The maximum absolute atomic E-state index is 13.5. The van der Waals surface area contributed by atoms with E-state index in [-0.39, 0.29) is 18.1 Å². The molecule has 0 aromatic heterocycles. The fraction of sp³-hybridized carbons (Fsp3) is 0.250. The van der Waals surface area contributed by atoms with Gasteiger partial charge in [-0.25, -0.2) is 0 Å². The first-order valence-corrected chi connectivity index (χ1v) is 13.6. The minimum Gasteiger partial charge on any atom is -0.490 e. The van der Waals surface area contributed by atoms with Crippen LogP contribution in [0.4, 0.5) is 13.2 Å². The van der Waals surface area contributed by atoms with E-state index >= 15 is 0 Å². The van der Waals surface area contributed by atoms with Gasteiger partial charge in [-0.1, -0.05) is 71.7 Å². The third kappa shape index (κ3) is 7.30. The predicted octanol–water partition coefficient (Wildman–Crippen LogP) is 9.04. The van der Waals surface area contributed by atoms with Gasteiger partial charge in [0.15, 0.2) is 5.75 Å². The third-order valence-electron chi connectivity index (χ3n) is 6.68. The van der Waals surface area contributed by atoms with E-state index in [4.69, 9.17) is 38.4 Å². The van der Waals surface area contributed by atoms with Gasteiger partial charge in [-0.05, 0) is 90.5 Å². The summed E-state index contributed by atoms with van der Waals surface area (Å²) < 4.78 is 52.1. The van der Waals surface area contributed by atoms with E-state index in [1.54, 1.807) is 30.3 Å². The van der Waals surface area contributed by atoms with E-state index in [0.717, 1.165) is 28.3 Å². The lowest BCUT2D eigenvalue weighted by atomic mass is 9.87. The molecule has 1 atom stereocenters. The average molecular weight is 588 g/mol. The Bertz CT molecular complexity index is 1430. The normalized spacial score (nSPS) is 12.3. The Balaban J connectivity index is 1.38. The van der Waals surface area contributed by atoms with Gasteiger partial charge in [0, 0.05) is 5.92 Å². The number of hydrogen-bond donors (Lipinski definition) is 1. The molecule has 40 heavy (non-hydrogen) atoms. The highest BCUT2D eigenvalue weighted by Gasteiger charge is 2.33. The maximum Gasteiger partial charge on any atom is 0.417 e. The summed E-state index contributed by atoms with van der Waals surface area (Å²) in [4.78, 5) is 0. The summed E-state index contributed by atoms with van der Waals surface area (Å²) in [5, 5.41) is 0.916. The Labute approximate surface area is 242 Å². The average Bonchev–Trinajstić information content (AvgIpc) is 2.91. The van der Waals surface area contributed by atoms with E-state index < -0.39 is 11.7 Å². The topological polar surface area (TPSA) is 44.5 Å². The summed E-state index contributed by atoms with van der Waals surface area (Å²) in [6.45, 7) is 4.81. The molecule has 0 aliphatic heterocycles. The van der Waals surface area contributed by atoms with Crippen molar-refractivity contribution in [3.05, 3.63) is 117 Å². The molecule has 0 fully saturated rings. The summed E-state index contributed by atoms with van der Waals surface area (Å²) in [5.41, 5.74) is 10.1. The zero-order chi connectivity index (χ0) is 28.9. The summed E-state index contributed by atoms with van der Waals surface area (Å²) in [5.74, 6) is 1.14. The number of hydrogen-bond acceptors (Lipinski definition) is 3. The second-order valence-electron chi connectivity index (χ2n) is 9.65. The number of halogens is 5. The van der Waals surface area contributed by atoms with Crippen LogP contribution in [0.3, 0.4) is 0 Å². The molecule has 0 aliphatic rings. The van der Waals surface area contributed by atoms with Gasteiger partial charge in [0.1, 0.15) is 19.0 Å². The van der Waals surface area contributed by atoms with Crippen LogP contribution in [0, 0.1) is 13.8 Å². The van der Waals surface area contributed by atoms with Crippen molar-refractivity contribution in [2.45, 2.75) is 32.4 Å². The van der Waals surface area contributed by atoms with Crippen LogP contribution < -0.4 is 15.2 Å². The smallest absolute Gasteiger partial charge is 0.417 e. The van der Waals surface area contributed by atoms with Gasteiger partial charge in [-0.2, -0.15) is 13.2 Å². The minimum absolute atomic E-state index is 0.0103. The van der Waals surface area contributed by atoms with E-state index in [2.05, 4.69) is 0 Å². The molecule has 0 heterocycles. The molecule has 0 amide bonds. The van der Waals surface area contributed by atoms with Crippen LogP contribution >= 0.6 is 23.2 Å². The number of nitrogens with two attached hydrogens (primary N) is 1. The number of aryl methyl sites for hydroxylation is 2. The Kier molecular flexibility index (Phi) is 9.67. The SMILES string of the molecule is Cc1cc(Cl)c(OCCOc2ccc(CC(CN)c3ccc(-c4ccccc4C(F)(F)F)cc3C)cc2)c(Cl)c1. The summed E-state index contributed by atoms with van der Waals surface area (Å²) in [6, 6.07) is 22.4. The second kappa shape index (κ2) is 13.0. The molecule has 0 aliphatic carbocycles. The van der Waals surface area contributed by atoms with Crippen LogP contribution in [0.15, 0.2) is 78.9 Å². The number of alkyl halides is 3. The minimum atomic E-state index is -4.42. The van der Waals surface area contributed by atoms with Crippen LogP contribution in [0.2, 0.25) is 10.0 Å². The fourth-order valence-corrected chi connectivity index (χ4v) is 5.44. The Morgan fingerprint density at radius 1 is 0.825 bits per heavy atom. The van der Waals surface area contributed by atoms with Gasteiger partial charge in [0.2, 0.25) is 0 Å². The molecular weight excluding hydrogens is 558 g/mol. The quantitative estimate of drug-likeness (QED) is 0.188. The van der Waals surface area contributed by atoms with Crippen molar-refractivity contribution in [2.24, 2.45) is 5.73 Å². The fourth-order valence-electron chi connectivity index (χ4n) is 4.74. The van der Waals surface area contributed by atoms with Crippen molar-refractivity contribution >= 4 is 23.2 Å². The molecule has 0 saturated heterocycles. The molecule has 1 unspecified atom stereocenters. The highest BCUT2D eigenvalue weighted by molar-refractivity contribution is 6.37. The molecule has 4 aromatic rings. The first-order valence-electron chi connectivity index (χ1n) is 12.8. The van der Waals surface area contributed by atoms with Crippen molar-refractivity contribution in [1.29, 1.82) is 0 Å². The standard InChI is InChI=1S/C32H30Cl2F3NO2/c1-20-15-29(33)31(30(34)16-20)40-14-13-39-25-10-7-22(8-11-25)18-24(19-38)26-12-9-23(17-21(26)2)27-5-3-4-6-28(27)32(35,36)37/h3-12,15-17,24H,13-14,18-19,38H2,1-2H3. The van der Waals surface area contributed by atoms with Crippen molar-refractivity contribution in [2.75, 3.05) is 19.8 Å². The second-order valence-corrected chi connectivity index (χ2v) is 10.5. The van der Waals surface area contributed by atoms with Crippen LogP contribution in [-0.2, 0) is 12.6 Å². The zero-order valence-electron chi connectivity index (χ0n) is 22.2. The van der Waals surface area contributed by atoms with Crippen LogP contribution in [0.1, 0.15) is 33.7 Å². The lowest BCUT2D eigenvalue weighted by Crippen LogP contribution is -2.16. The summed E-state index contributed by atoms with van der Waals surface area (Å²) in [7, 11) is 0. The Hall–Kier alpha value is -3.19. The van der Waals surface area contributed by atoms with Crippen molar-refractivity contribution in [3.63, 3.8) is 0 Å². The molecule has 4 rings (SSSR count). The van der Waals surface area contributed by atoms with Gasteiger partial charge in [-0.3, -0.25) is 0 Å². The highest BCUT2D eigenvalue weighted by atomic mass is 35.5. The molecule has 0 spiro atoms. The van der Waals surface area contributed by atoms with Crippen LogP contribution in [0.25, 0.3) is 11.1 Å². The number of ether oxygens (including phenoxy) is 2. The summed E-state index contributed by atoms with van der Waals surface area (Å²) >= 11 is 12.4. The van der Waals surface area contributed by atoms with Gasteiger partial charge in [-0.15, -0.1) is 0 Å². The molecule has 2 N–H and O–H groups in total. The molecular formula is C32H30Cl2F3NO2. The third-order valence-corrected chi connectivity index (χ3v) is 7.25. The molecule has 0 bridgehead atoms. The number of rotatable bonds is 10. The van der Waals surface area contributed by atoms with Crippen molar-refractivity contribution in [1.82, 2.24) is 0 Å². The Morgan fingerprint density at radius 2 is 1.48 bits per heavy atom. The number of benzene rings is 4. The molecule has 0 radical (unpaired) electrons. The Morgan fingerprint density at radius 3 is 2.10 bits per heavy atom. The van der Waals surface area contributed by atoms with Gasteiger partial charge >= 0.3 is 6.18 Å². The van der Waals surface area contributed by atoms with E-state index in [0.29, 0.717) is 46.7 Å². The lowest BCUT2D eigenvalue weighted by molar-refractivity contribution is -0.137. The first-order chi connectivity index (χ1) is 19.1. The van der Waals surface area contributed by atoms with Gasteiger partial charge < -0.3 is 15.2 Å². The summed E-state index contributed by atoms with van der Waals surface area (Å²) in [6.07, 6.45) is -3.74. The molecule has 0 saturated carbocycles. The lowest BCUT2D eigenvalue weighted by Gasteiger charge is -2.20. The van der Waals surface area contributed by atoms with E-state index in [1.807, 2.05) is 44.2 Å². The highest BCUT2D eigenvalue weighted by Crippen LogP contribution is 2.38. The molecule has 4 aromatic carbocycles. The molecule has 8 heteroatoms. The van der Waals surface area contributed by atoms with E-state index in [9.17, 15) is 13.2 Å². The molecule has 210 valence electrons. The van der Waals surface area contributed by atoms with Crippen molar-refractivity contribution in [3.8, 4) is 22.6 Å². The zero-order valence-corrected chi connectivity index (χ0v) is 23.7. The van der Waals surface area contributed by atoms with Gasteiger partial charge in [0.25, 0.3) is 0 Å². The largest absolute Gasteiger partial charge is 0.490 e. The van der Waals surface area contributed by atoms with Crippen molar-refractivity contribution < 1.29 is 22.6 Å². The van der Waals surface area contributed by atoms with E-state index in [1.165, 1.54) is 12.1 Å². The maximum atomic E-state index is 13.5. The van der Waals surface area contributed by atoms with Gasteiger partial charge in [0.05, 0.1) is 15.6 Å².